The number of phosphoric acid groups is 2. The van der Waals surface area contributed by atoms with Crippen LogP contribution < -0.4 is 0 Å². The van der Waals surface area contributed by atoms with Crippen LogP contribution in [0.25, 0.3) is 0 Å². The summed E-state index contributed by atoms with van der Waals surface area (Å²) in [6, 6.07) is 0. The van der Waals surface area contributed by atoms with Gasteiger partial charge in [0.15, 0.2) is 12.2 Å². The molecule has 0 aromatic heterocycles. The second-order valence-electron chi connectivity index (χ2n) is 28.8. The Balaban J connectivity index is 5.23. The summed E-state index contributed by atoms with van der Waals surface area (Å²) in [6.45, 7) is 4.95. The standard InChI is InChI=1S/C82H156O17P2/c1-5-9-13-17-21-25-28-31-34-36-37-38-39-40-43-46-49-53-57-61-65-69-82(87)99-78(73-93-80(85)67-63-59-55-51-47-44-42-35-32-29-26-22-18-14-10-6-2)75-97-101(90,91)95-71-76(83)70-94-100(88,89)96-74-77(72-92-79(84)66-62-58-54-50-24-20-16-12-8-4)98-81(86)68-64-60-56-52-48-45-41-33-30-27-23-19-15-11-7-3/h27,30,33,41,76-78,83H,5-26,28-29,31-32,34-40,42-75H2,1-4H3,(H,88,89)(H,90,91)/b30-27-,41-33-/t76-,77+,78+/m0/s1. The van der Waals surface area contributed by atoms with Crippen LogP contribution >= 0.6 is 15.6 Å². The number of esters is 4. The molecule has 0 aliphatic rings. The summed E-state index contributed by atoms with van der Waals surface area (Å²) in [6.07, 6.45) is 71.6. The summed E-state index contributed by atoms with van der Waals surface area (Å²) in [5.74, 6) is -2.14. The second kappa shape index (κ2) is 75.8. The molecule has 2 unspecified atom stereocenters. The maximum Gasteiger partial charge on any atom is 0.472 e. The van der Waals surface area contributed by atoms with Crippen molar-refractivity contribution in [2.75, 3.05) is 39.6 Å². The summed E-state index contributed by atoms with van der Waals surface area (Å²) in [5.41, 5.74) is 0. The third-order valence-corrected chi connectivity index (χ3v) is 20.6. The number of aliphatic hydroxyl groups excluding tert-OH is 1. The van der Waals surface area contributed by atoms with Crippen molar-refractivity contribution in [3.63, 3.8) is 0 Å². The van der Waals surface area contributed by atoms with Crippen LogP contribution in [0.4, 0.5) is 0 Å². The first-order valence-electron chi connectivity index (χ1n) is 42.1. The van der Waals surface area contributed by atoms with E-state index in [1.807, 2.05) is 0 Å². The number of ether oxygens (including phenoxy) is 4. The van der Waals surface area contributed by atoms with E-state index in [-0.39, 0.29) is 25.7 Å². The number of allylic oxidation sites excluding steroid dienone is 4. The number of rotatable bonds is 81. The Morgan fingerprint density at radius 3 is 0.723 bits per heavy atom. The van der Waals surface area contributed by atoms with Crippen LogP contribution in [0.15, 0.2) is 24.3 Å². The average molecular weight is 1480 g/mol. The van der Waals surface area contributed by atoms with Gasteiger partial charge < -0.3 is 33.8 Å². The third-order valence-electron chi connectivity index (χ3n) is 18.7. The number of carbonyl (C=O) groups excluding carboxylic acids is 4. The predicted octanol–water partition coefficient (Wildman–Crippen LogP) is 24.5. The highest BCUT2D eigenvalue weighted by molar-refractivity contribution is 7.47. The molecule has 3 N–H and O–H groups in total. The van der Waals surface area contributed by atoms with E-state index < -0.39 is 97.5 Å². The second-order valence-corrected chi connectivity index (χ2v) is 31.7. The van der Waals surface area contributed by atoms with Crippen molar-refractivity contribution in [1.82, 2.24) is 0 Å². The fraction of sp³-hybridized carbons (Fsp3) is 0.902. The number of hydrogen-bond acceptors (Lipinski definition) is 15. The Hall–Kier alpha value is -2.46. The van der Waals surface area contributed by atoms with E-state index in [1.54, 1.807) is 0 Å². The van der Waals surface area contributed by atoms with Gasteiger partial charge >= 0.3 is 39.5 Å². The maximum atomic E-state index is 13.1. The van der Waals surface area contributed by atoms with Crippen LogP contribution in [0.1, 0.15) is 419 Å². The van der Waals surface area contributed by atoms with Gasteiger partial charge in [0, 0.05) is 25.7 Å². The molecule has 0 heterocycles. The lowest BCUT2D eigenvalue weighted by Crippen LogP contribution is -2.30. The molecule has 0 fully saturated rings. The van der Waals surface area contributed by atoms with Crippen molar-refractivity contribution in [1.29, 1.82) is 0 Å². The summed E-state index contributed by atoms with van der Waals surface area (Å²) in [5, 5.41) is 10.6. The molecule has 0 radical (unpaired) electrons. The molecule has 17 nitrogen and oxygen atoms in total. The zero-order chi connectivity index (χ0) is 73.9. The molecular weight excluding hydrogens is 1320 g/mol. The van der Waals surface area contributed by atoms with E-state index in [4.69, 9.17) is 37.0 Å². The van der Waals surface area contributed by atoms with Crippen LogP contribution in [-0.2, 0) is 65.4 Å². The molecule has 0 aromatic carbocycles. The van der Waals surface area contributed by atoms with E-state index >= 15 is 0 Å². The topological polar surface area (TPSA) is 237 Å². The van der Waals surface area contributed by atoms with Crippen LogP contribution in [-0.4, -0.2) is 96.7 Å². The van der Waals surface area contributed by atoms with Gasteiger partial charge in [-0.2, -0.15) is 0 Å². The van der Waals surface area contributed by atoms with Gasteiger partial charge in [-0.15, -0.1) is 0 Å². The Morgan fingerprint density at radius 1 is 0.277 bits per heavy atom. The SMILES string of the molecule is CCCCCC/C=C\C=C/CCCCCCCC(=O)O[C@H](COC(=O)CCCCCCCCCCC)COP(=O)(O)OC[C@H](O)COP(=O)(O)OC[C@@H](COC(=O)CCCCCCCCCCCCCCCCCC)OC(=O)CCCCCCCCCCCCCCCCCCCCCCC. The first kappa shape index (κ1) is 98.5. The number of carbonyl (C=O) groups is 4. The molecule has 0 amide bonds. The predicted molar refractivity (Wildman–Crippen MR) is 414 cm³/mol. The normalized spacial score (nSPS) is 13.9. The van der Waals surface area contributed by atoms with Gasteiger partial charge in [-0.25, -0.2) is 9.13 Å². The minimum absolute atomic E-state index is 0.0857. The van der Waals surface area contributed by atoms with Crippen LogP contribution in [0.2, 0.25) is 0 Å². The summed E-state index contributed by atoms with van der Waals surface area (Å²) < 4.78 is 68.6. The van der Waals surface area contributed by atoms with Gasteiger partial charge in [0.05, 0.1) is 26.4 Å². The molecule has 0 aliphatic heterocycles. The molecule has 596 valence electrons. The average Bonchev–Trinajstić information content (AvgIpc) is 0.970. The van der Waals surface area contributed by atoms with E-state index in [9.17, 15) is 43.2 Å². The molecule has 19 heteroatoms. The van der Waals surface area contributed by atoms with Gasteiger partial charge in [-0.1, -0.05) is 367 Å². The van der Waals surface area contributed by atoms with Gasteiger partial charge in [-0.05, 0) is 51.4 Å². The summed E-state index contributed by atoms with van der Waals surface area (Å²) in [7, 11) is -9.93. The van der Waals surface area contributed by atoms with Crippen molar-refractivity contribution < 1.29 is 80.2 Å². The molecule has 0 saturated carbocycles. The fourth-order valence-corrected chi connectivity index (χ4v) is 13.9. The number of unbranched alkanes of at least 4 members (excludes halogenated alkanes) is 52. The molecule has 0 aromatic rings. The molecule has 101 heavy (non-hydrogen) atoms. The fourth-order valence-electron chi connectivity index (χ4n) is 12.3. The van der Waals surface area contributed by atoms with Crippen molar-refractivity contribution in [2.45, 2.75) is 438 Å². The Morgan fingerprint density at radius 2 is 0.475 bits per heavy atom. The van der Waals surface area contributed by atoms with E-state index in [0.29, 0.717) is 25.7 Å². The number of hydrogen-bond donors (Lipinski definition) is 3. The van der Waals surface area contributed by atoms with E-state index in [1.165, 1.54) is 238 Å². The minimum atomic E-state index is -4.97. The van der Waals surface area contributed by atoms with Crippen molar-refractivity contribution >= 4 is 39.5 Å². The van der Waals surface area contributed by atoms with Crippen LogP contribution in [0.5, 0.6) is 0 Å². The summed E-state index contributed by atoms with van der Waals surface area (Å²) >= 11 is 0. The molecule has 0 aliphatic carbocycles. The van der Waals surface area contributed by atoms with Crippen molar-refractivity contribution in [3.05, 3.63) is 24.3 Å². The minimum Gasteiger partial charge on any atom is -0.462 e. The lowest BCUT2D eigenvalue weighted by molar-refractivity contribution is -0.161. The maximum absolute atomic E-state index is 13.1. The van der Waals surface area contributed by atoms with Crippen molar-refractivity contribution in [3.8, 4) is 0 Å². The zero-order valence-electron chi connectivity index (χ0n) is 65.4. The number of phosphoric ester groups is 2. The van der Waals surface area contributed by atoms with Gasteiger partial charge in [0.25, 0.3) is 0 Å². The molecule has 0 spiro atoms. The highest BCUT2D eigenvalue weighted by Gasteiger charge is 2.30. The quantitative estimate of drug-likeness (QED) is 0.0169. The smallest absolute Gasteiger partial charge is 0.462 e. The van der Waals surface area contributed by atoms with Crippen molar-refractivity contribution in [2.24, 2.45) is 0 Å². The lowest BCUT2D eigenvalue weighted by Gasteiger charge is -2.21. The molecule has 5 atom stereocenters. The van der Waals surface area contributed by atoms with Crippen LogP contribution in [0, 0.1) is 0 Å². The molecule has 0 rings (SSSR count). The van der Waals surface area contributed by atoms with Crippen LogP contribution in [0.3, 0.4) is 0 Å². The first-order chi connectivity index (χ1) is 49.2. The van der Waals surface area contributed by atoms with Gasteiger partial charge in [-0.3, -0.25) is 37.3 Å². The Labute approximate surface area is 618 Å². The van der Waals surface area contributed by atoms with E-state index in [0.717, 1.165) is 103 Å². The van der Waals surface area contributed by atoms with Gasteiger partial charge in [0.1, 0.15) is 19.3 Å². The highest BCUT2D eigenvalue weighted by atomic mass is 31.2. The number of aliphatic hydroxyl groups is 1. The molecule has 0 bridgehead atoms. The largest absolute Gasteiger partial charge is 0.472 e. The van der Waals surface area contributed by atoms with Gasteiger partial charge in [0.2, 0.25) is 0 Å². The lowest BCUT2D eigenvalue weighted by atomic mass is 10.0. The third kappa shape index (κ3) is 75.6. The molecular formula is C82H156O17P2. The molecule has 0 saturated heterocycles. The Bertz CT molecular complexity index is 2010. The first-order valence-corrected chi connectivity index (χ1v) is 45.1. The van der Waals surface area contributed by atoms with E-state index in [2.05, 4.69) is 52.0 Å². The zero-order valence-corrected chi connectivity index (χ0v) is 67.2. The Kier molecular flexibility index (Phi) is 73.9. The monoisotopic (exact) mass is 1480 g/mol. The summed E-state index contributed by atoms with van der Waals surface area (Å²) in [4.78, 5) is 73.0. The highest BCUT2D eigenvalue weighted by Crippen LogP contribution is 2.45.